The molecule has 1 unspecified atom stereocenters. The van der Waals surface area contributed by atoms with E-state index in [2.05, 4.69) is 19.4 Å². The number of aliphatic carboxylic acids is 3. The Morgan fingerprint density at radius 1 is 1.39 bits per heavy atom. The number of aromatic nitrogens is 2. The molecule has 12 nitrogen and oxygen atoms in total. The number of carbonyl (C=O) groups is 3. The molecule has 0 radical (unpaired) electrons. The van der Waals surface area contributed by atoms with Crippen LogP contribution in [0.15, 0.2) is 17.9 Å². The molecule has 0 aromatic carbocycles. The third-order valence-electron chi connectivity index (χ3n) is 1.76. The van der Waals surface area contributed by atoms with E-state index in [0.717, 1.165) is 11.0 Å². The fraction of sp³-hybridized carbons (Fsp3) is 0.333. The van der Waals surface area contributed by atoms with E-state index in [4.69, 9.17) is 40.8 Å². The van der Waals surface area contributed by atoms with Crippen molar-refractivity contribution < 1.29 is 48.5 Å². The number of H-pyrrole nitrogens is 1. The number of aryl methyl sites for hydroxylation is 1. The van der Waals surface area contributed by atoms with Gasteiger partial charge in [-0.25, -0.2) is 4.98 Å². The predicted octanol–water partition coefficient (Wildman–Crippen LogP) is -2.82. The first-order valence-electron chi connectivity index (χ1n) is 5.21. The normalized spacial score (nSPS) is 9.39. The molecule has 0 aliphatic carbocycles. The van der Waals surface area contributed by atoms with E-state index in [1.807, 2.05) is 0 Å². The van der Waals surface area contributed by atoms with Crippen molar-refractivity contribution in [1.82, 2.24) is 9.97 Å². The Morgan fingerprint density at radius 3 is 2.09 bits per heavy atom. The summed E-state index contributed by atoms with van der Waals surface area (Å²) < 4.78 is 0. The zero-order chi connectivity index (χ0) is 18.8. The zero-order valence-electron chi connectivity index (χ0n) is 11.1. The number of rotatable bonds is 4. The molecule has 0 spiro atoms. The fourth-order valence-electron chi connectivity index (χ4n) is 0.856. The molecule has 0 saturated heterocycles. The van der Waals surface area contributed by atoms with Crippen LogP contribution in [0.1, 0.15) is 12.1 Å². The van der Waals surface area contributed by atoms with Crippen molar-refractivity contribution in [3.63, 3.8) is 0 Å². The third kappa shape index (κ3) is 20.0. The molecule has 14 heteroatoms. The van der Waals surface area contributed by atoms with E-state index in [9.17, 15) is 4.79 Å². The van der Waals surface area contributed by atoms with Gasteiger partial charge in [0.25, 0.3) is 0 Å². The van der Waals surface area contributed by atoms with Crippen molar-refractivity contribution in [2.75, 3.05) is 0 Å². The fourth-order valence-corrected chi connectivity index (χ4v) is 0.856. The standard InChI is InChI=1S/C7H11N3O2.C2H2O4.ClH.HNO2.Pt/c8-6(7(11)12)2-1-5-3-9-4-10-5;3-1(4)2(5)6;;2-1-3;/h3-4,6H,1-2,8H2,(H,9,10)(H,11,12);(H,3,4)(H,5,6);1H;(H,2,3);/q;;;;+1/p-4. The van der Waals surface area contributed by atoms with Gasteiger partial charge in [-0.2, -0.15) is 0 Å². The van der Waals surface area contributed by atoms with Crippen LogP contribution in [0.25, 0.3) is 0 Å². The first-order chi connectivity index (χ1) is 10.8. The number of imidazole rings is 1. The van der Waals surface area contributed by atoms with E-state index >= 15 is 0 Å². The van der Waals surface area contributed by atoms with Crippen molar-refractivity contribution in [3.8, 4) is 0 Å². The number of hydrogen-bond donors (Lipinski definition) is 3. The summed E-state index contributed by atoms with van der Waals surface area (Å²) in [6.45, 7) is 0. The topological polar surface area (TPSA) is 225 Å². The summed E-state index contributed by atoms with van der Waals surface area (Å²) in [4.78, 5) is 42.8. The minimum atomic E-state index is -2.19. The third-order valence-corrected chi connectivity index (χ3v) is 1.76. The average Bonchev–Trinajstić information content (AvgIpc) is 3.01. The van der Waals surface area contributed by atoms with Crippen LogP contribution >= 0.6 is 9.42 Å². The van der Waals surface area contributed by atoms with Crippen LogP contribution < -0.4 is 15.9 Å². The number of aromatic amines is 1. The maximum absolute atomic E-state index is 10.3. The molecule has 1 atom stereocenters. The number of hydrogen-bond acceptors (Lipinski definition) is 10. The Balaban J connectivity index is -0.000000307. The van der Waals surface area contributed by atoms with E-state index in [1.165, 1.54) is 0 Å². The molecule has 23 heavy (non-hydrogen) atoms. The Hall–Kier alpha value is -2.04. The van der Waals surface area contributed by atoms with Crippen LogP contribution in [0.3, 0.4) is 0 Å². The minimum absolute atomic E-state index is 0.428. The molecule has 1 aromatic rings. The Bertz CT molecular complexity index is 446. The molecular formula is C9H11ClN4O8Pt-3. The van der Waals surface area contributed by atoms with Gasteiger partial charge in [0.15, 0.2) is 0 Å². The van der Waals surface area contributed by atoms with E-state index < -0.39 is 23.9 Å². The first kappa shape index (κ1) is 25.9. The van der Waals surface area contributed by atoms with E-state index in [-0.39, 0.29) is 0 Å². The number of carboxylic acid groups (broad SMARTS) is 3. The Morgan fingerprint density at radius 2 is 1.83 bits per heavy atom. The van der Waals surface area contributed by atoms with Gasteiger partial charge in [0.1, 0.15) is 6.04 Å². The molecule has 0 saturated carbocycles. The van der Waals surface area contributed by atoms with Crippen molar-refractivity contribution in [2.24, 2.45) is 11.1 Å². The first-order valence-corrected chi connectivity index (χ1v) is 8.02. The molecule has 0 aliphatic heterocycles. The molecule has 1 rings (SSSR count). The van der Waals surface area contributed by atoms with Crippen molar-refractivity contribution in [3.05, 3.63) is 28.3 Å². The molecule has 0 fully saturated rings. The molecule has 1 heterocycles. The molecule has 1 aromatic heterocycles. The Kier molecular flexibility index (Phi) is 20.3. The van der Waals surface area contributed by atoms with Crippen molar-refractivity contribution in [1.29, 1.82) is 0 Å². The van der Waals surface area contributed by atoms with Crippen LogP contribution in [-0.4, -0.2) is 39.0 Å². The SMILES string of the molecule is NC(CCc1cnc[nH]1)C(=O)O.O=C([O-])C(=O)[O-].O=N[O-].[Cl][Pt]. The van der Waals surface area contributed by atoms with Crippen LogP contribution in [0.4, 0.5) is 0 Å². The number of halogens is 1. The van der Waals surface area contributed by atoms with Crippen LogP contribution in [0, 0.1) is 10.1 Å². The van der Waals surface area contributed by atoms with Gasteiger partial charge in [0.05, 0.1) is 18.3 Å². The van der Waals surface area contributed by atoms with E-state index in [1.54, 1.807) is 31.3 Å². The van der Waals surface area contributed by atoms with Crippen molar-refractivity contribution in [2.45, 2.75) is 18.9 Å². The molecular weight excluding hydrogens is 523 g/mol. The second-order valence-corrected chi connectivity index (χ2v) is 3.21. The van der Waals surface area contributed by atoms with Crippen LogP contribution in [0.2, 0.25) is 0 Å². The molecule has 4 N–H and O–H groups in total. The average molecular weight is 534 g/mol. The van der Waals surface area contributed by atoms with E-state index in [0.29, 0.717) is 12.8 Å². The molecule has 135 valence electrons. The van der Waals surface area contributed by atoms with Gasteiger partial charge in [-0.05, 0) is 12.8 Å². The van der Waals surface area contributed by atoms with Crippen LogP contribution in [-0.2, 0) is 39.6 Å². The second-order valence-electron chi connectivity index (χ2n) is 3.21. The second kappa shape index (κ2) is 18.0. The van der Waals surface area contributed by atoms with Gasteiger partial charge in [-0.1, -0.05) is 0 Å². The summed E-state index contributed by atoms with van der Waals surface area (Å²) in [6, 6.07) is -0.784. The molecule has 0 bridgehead atoms. The van der Waals surface area contributed by atoms with Gasteiger partial charge in [0, 0.05) is 11.9 Å². The maximum atomic E-state index is 10.3. The molecule has 0 amide bonds. The van der Waals surface area contributed by atoms with Crippen molar-refractivity contribution >= 4 is 27.3 Å². The number of nitrogens with one attached hydrogen (secondary N) is 1. The van der Waals surface area contributed by atoms with Gasteiger partial charge in [-0.15, -0.1) is 5.34 Å². The number of carbonyl (C=O) groups excluding carboxylic acids is 2. The summed E-state index contributed by atoms with van der Waals surface area (Å²) in [5.74, 6) is -5.33. The predicted molar refractivity (Wildman–Crippen MR) is 67.5 cm³/mol. The Labute approximate surface area is 144 Å². The van der Waals surface area contributed by atoms with Gasteiger partial charge < -0.3 is 45.7 Å². The summed E-state index contributed by atoms with van der Waals surface area (Å²) in [7, 11) is 4.61. The summed E-state index contributed by atoms with van der Waals surface area (Å²) in [5.41, 5.74) is 6.21. The molecule has 0 aliphatic rings. The number of carboxylic acids is 3. The van der Waals surface area contributed by atoms with Gasteiger partial charge in [0.2, 0.25) is 0 Å². The van der Waals surface area contributed by atoms with Gasteiger partial charge >= 0.3 is 34.2 Å². The van der Waals surface area contributed by atoms with Gasteiger partial charge in [-0.3, -0.25) is 4.79 Å². The number of nitrogens with two attached hydrogens (primary N) is 1. The quantitative estimate of drug-likeness (QED) is 0.204. The monoisotopic (exact) mass is 533 g/mol. The summed E-state index contributed by atoms with van der Waals surface area (Å²) in [6.07, 6.45) is 4.27. The summed E-state index contributed by atoms with van der Waals surface area (Å²) >= 11 is 1.61. The number of nitrogens with zero attached hydrogens (tertiary/aromatic N) is 2. The van der Waals surface area contributed by atoms with Crippen LogP contribution in [0.5, 0.6) is 0 Å². The summed E-state index contributed by atoms with van der Waals surface area (Å²) in [5, 5.41) is 35.3. The zero-order valence-corrected chi connectivity index (χ0v) is 14.1.